The molecule has 166 valence electrons. The van der Waals surface area contributed by atoms with E-state index >= 15 is 0 Å². The fourth-order valence-corrected chi connectivity index (χ4v) is 5.29. The van der Waals surface area contributed by atoms with E-state index in [1.807, 2.05) is 50.2 Å². The quantitative estimate of drug-likeness (QED) is 0.436. The van der Waals surface area contributed by atoms with Crippen LogP contribution in [0.2, 0.25) is 0 Å². The maximum absolute atomic E-state index is 13.6. The standard InChI is InChI=1S/C25H22N4O3S/c1-16-7-10-20(11-8-16)33(31,32)29-15-26-23(24(29)19-6-4-5-17(2)13-19)18-9-12-21-22(14-18)28(3)25(30)27-21/h4-15H,1-3H3,(H,27,30). The minimum Gasteiger partial charge on any atom is -0.306 e. The Hall–Kier alpha value is -3.91. The molecule has 8 heteroatoms. The van der Waals surface area contributed by atoms with Crippen LogP contribution < -0.4 is 5.69 Å². The number of aromatic amines is 1. The maximum Gasteiger partial charge on any atom is 0.326 e. The SMILES string of the molecule is Cc1ccc(S(=O)(=O)n2cnc(-c3ccc4[nH]c(=O)n(C)c4c3)c2-c2cccc(C)c2)cc1. The van der Waals surface area contributed by atoms with Gasteiger partial charge in [-0.05, 0) is 44.2 Å². The molecule has 0 bridgehead atoms. The smallest absolute Gasteiger partial charge is 0.306 e. The average Bonchev–Trinajstić information content (AvgIpc) is 3.36. The Bertz CT molecular complexity index is 1670. The van der Waals surface area contributed by atoms with E-state index in [9.17, 15) is 13.2 Å². The van der Waals surface area contributed by atoms with E-state index in [4.69, 9.17) is 0 Å². The van der Waals surface area contributed by atoms with Gasteiger partial charge in [-0.2, -0.15) is 0 Å². The summed E-state index contributed by atoms with van der Waals surface area (Å²) in [5.41, 5.74) is 5.62. The molecule has 2 aromatic heterocycles. The van der Waals surface area contributed by atoms with Crippen LogP contribution in [-0.2, 0) is 17.1 Å². The van der Waals surface area contributed by atoms with Crippen LogP contribution in [0.4, 0.5) is 0 Å². The van der Waals surface area contributed by atoms with Crippen molar-refractivity contribution in [1.29, 1.82) is 0 Å². The van der Waals surface area contributed by atoms with E-state index in [-0.39, 0.29) is 10.6 Å². The molecule has 33 heavy (non-hydrogen) atoms. The first-order valence-corrected chi connectivity index (χ1v) is 11.9. The van der Waals surface area contributed by atoms with Crippen molar-refractivity contribution < 1.29 is 8.42 Å². The summed E-state index contributed by atoms with van der Waals surface area (Å²) in [5, 5.41) is 0. The van der Waals surface area contributed by atoms with Gasteiger partial charge in [0.25, 0.3) is 10.0 Å². The predicted octanol–water partition coefficient (Wildman–Crippen LogP) is 4.25. The van der Waals surface area contributed by atoms with E-state index in [1.54, 1.807) is 37.4 Å². The molecule has 0 fully saturated rings. The van der Waals surface area contributed by atoms with Crippen molar-refractivity contribution in [3.63, 3.8) is 0 Å². The van der Waals surface area contributed by atoms with Crippen molar-refractivity contribution in [2.24, 2.45) is 7.05 Å². The molecule has 5 rings (SSSR count). The second-order valence-electron chi connectivity index (χ2n) is 8.15. The van der Waals surface area contributed by atoms with Crippen LogP contribution in [0.5, 0.6) is 0 Å². The molecule has 1 N–H and O–H groups in total. The summed E-state index contributed by atoms with van der Waals surface area (Å²) in [5.74, 6) is 0. The molecule has 0 saturated carbocycles. The monoisotopic (exact) mass is 458 g/mol. The van der Waals surface area contributed by atoms with Gasteiger partial charge < -0.3 is 4.98 Å². The third kappa shape index (κ3) is 3.48. The molecule has 0 atom stereocenters. The molecule has 3 aromatic carbocycles. The lowest BCUT2D eigenvalue weighted by molar-refractivity contribution is 0.587. The number of hydrogen-bond donors (Lipinski definition) is 1. The molecular weight excluding hydrogens is 436 g/mol. The molecule has 7 nitrogen and oxygen atoms in total. The predicted molar refractivity (Wildman–Crippen MR) is 129 cm³/mol. The van der Waals surface area contributed by atoms with Gasteiger partial charge >= 0.3 is 5.69 Å². The first kappa shape index (κ1) is 21.0. The molecule has 0 aliphatic heterocycles. The number of nitrogens with zero attached hydrogens (tertiary/aromatic N) is 3. The Kier molecular flexibility index (Phi) is 4.83. The van der Waals surface area contributed by atoms with Crippen molar-refractivity contribution in [2.45, 2.75) is 18.7 Å². The Morgan fingerprint density at radius 2 is 1.64 bits per heavy atom. The van der Waals surface area contributed by atoms with Crippen molar-refractivity contribution >= 4 is 21.1 Å². The summed E-state index contributed by atoms with van der Waals surface area (Å²) >= 11 is 0. The molecule has 0 aliphatic rings. The van der Waals surface area contributed by atoms with Gasteiger partial charge in [0.15, 0.2) is 0 Å². The Balaban J connectivity index is 1.78. The molecule has 0 amide bonds. The fraction of sp³-hybridized carbons (Fsp3) is 0.120. The summed E-state index contributed by atoms with van der Waals surface area (Å²) in [6, 6.07) is 19.9. The number of H-pyrrole nitrogens is 1. The fourth-order valence-electron chi connectivity index (χ4n) is 3.98. The van der Waals surface area contributed by atoms with E-state index < -0.39 is 10.0 Å². The Morgan fingerprint density at radius 1 is 0.879 bits per heavy atom. The topological polar surface area (TPSA) is 89.8 Å². The van der Waals surface area contributed by atoms with E-state index in [0.717, 1.165) is 16.7 Å². The zero-order valence-corrected chi connectivity index (χ0v) is 19.2. The van der Waals surface area contributed by atoms with Crippen LogP contribution in [-0.4, -0.2) is 26.9 Å². The first-order chi connectivity index (χ1) is 15.8. The van der Waals surface area contributed by atoms with Crippen LogP contribution in [0.3, 0.4) is 0 Å². The van der Waals surface area contributed by atoms with Gasteiger partial charge in [-0.15, -0.1) is 0 Å². The van der Waals surface area contributed by atoms with Gasteiger partial charge in [0.05, 0.1) is 27.3 Å². The first-order valence-electron chi connectivity index (χ1n) is 10.4. The van der Waals surface area contributed by atoms with Crippen molar-refractivity contribution in [3.05, 3.63) is 94.7 Å². The van der Waals surface area contributed by atoms with Crippen molar-refractivity contribution in [3.8, 4) is 22.5 Å². The van der Waals surface area contributed by atoms with Gasteiger partial charge in [0.2, 0.25) is 0 Å². The van der Waals surface area contributed by atoms with Gasteiger partial charge in [0.1, 0.15) is 6.33 Å². The van der Waals surface area contributed by atoms with Gasteiger partial charge in [0, 0.05) is 18.2 Å². The highest BCUT2D eigenvalue weighted by atomic mass is 32.2. The zero-order chi connectivity index (χ0) is 23.3. The molecule has 5 aromatic rings. The van der Waals surface area contributed by atoms with Crippen molar-refractivity contribution in [1.82, 2.24) is 18.5 Å². The lowest BCUT2D eigenvalue weighted by Crippen LogP contribution is -2.13. The molecule has 0 spiro atoms. The lowest BCUT2D eigenvalue weighted by Gasteiger charge is -2.12. The summed E-state index contributed by atoms with van der Waals surface area (Å²) in [7, 11) is -2.20. The normalized spacial score (nSPS) is 11.8. The molecule has 0 aliphatic carbocycles. The van der Waals surface area contributed by atoms with E-state index in [0.29, 0.717) is 28.0 Å². The number of aryl methyl sites for hydroxylation is 3. The molecular formula is C25H22N4O3S. The second-order valence-corrected chi connectivity index (χ2v) is 9.96. The zero-order valence-electron chi connectivity index (χ0n) is 18.4. The molecule has 0 saturated heterocycles. The minimum atomic E-state index is -3.89. The van der Waals surface area contributed by atoms with Crippen LogP contribution in [0, 0.1) is 13.8 Å². The molecule has 0 unspecified atom stereocenters. The third-order valence-corrected chi connectivity index (χ3v) is 7.45. The highest BCUT2D eigenvalue weighted by molar-refractivity contribution is 7.90. The summed E-state index contributed by atoms with van der Waals surface area (Å²) in [6.45, 7) is 3.87. The summed E-state index contributed by atoms with van der Waals surface area (Å²) in [4.78, 5) is 19.6. The van der Waals surface area contributed by atoms with E-state index in [1.165, 1.54) is 14.9 Å². The number of aromatic nitrogens is 4. The van der Waals surface area contributed by atoms with Crippen LogP contribution in [0.1, 0.15) is 11.1 Å². The summed E-state index contributed by atoms with van der Waals surface area (Å²) in [6.07, 6.45) is 1.35. The largest absolute Gasteiger partial charge is 0.326 e. The van der Waals surface area contributed by atoms with Gasteiger partial charge in [-0.25, -0.2) is 22.2 Å². The molecule has 0 radical (unpaired) electrons. The van der Waals surface area contributed by atoms with Crippen LogP contribution in [0.25, 0.3) is 33.5 Å². The number of rotatable bonds is 4. The lowest BCUT2D eigenvalue weighted by atomic mass is 10.0. The highest BCUT2D eigenvalue weighted by Gasteiger charge is 2.25. The number of nitrogens with one attached hydrogen (secondary N) is 1. The second kappa shape index (κ2) is 7.60. The van der Waals surface area contributed by atoms with Gasteiger partial charge in [-0.3, -0.25) is 4.57 Å². The Labute approximate surface area is 191 Å². The van der Waals surface area contributed by atoms with Crippen LogP contribution in [0.15, 0.2) is 82.7 Å². The number of hydrogen-bond acceptors (Lipinski definition) is 4. The highest BCUT2D eigenvalue weighted by Crippen LogP contribution is 2.35. The van der Waals surface area contributed by atoms with Crippen molar-refractivity contribution in [2.75, 3.05) is 0 Å². The Morgan fingerprint density at radius 3 is 2.36 bits per heavy atom. The minimum absolute atomic E-state index is 0.189. The average molecular weight is 459 g/mol. The van der Waals surface area contributed by atoms with Crippen LogP contribution >= 0.6 is 0 Å². The number of imidazole rings is 2. The molecule has 2 heterocycles. The van der Waals surface area contributed by atoms with Gasteiger partial charge in [-0.1, -0.05) is 47.5 Å². The third-order valence-electron chi connectivity index (χ3n) is 5.78. The number of fused-ring (bicyclic) bond motifs is 1. The maximum atomic E-state index is 13.6. The number of benzene rings is 3. The van der Waals surface area contributed by atoms with E-state index in [2.05, 4.69) is 9.97 Å². The summed E-state index contributed by atoms with van der Waals surface area (Å²) < 4.78 is 30.0.